The molecule has 308 valence electrons. The third-order valence-corrected chi connectivity index (χ3v) is 14.5. The Morgan fingerprint density at radius 3 is 1.89 bits per heavy atom. The van der Waals surface area contributed by atoms with E-state index in [1.54, 1.807) is 0 Å². The van der Waals surface area contributed by atoms with Gasteiger partial charge in [0.2, 0.25) is 0 Å². The van der Waals surface area contributed by atoms with Gasteiger partial charge in [-0.25, -0.2) is 4.98 Å². The minimum absolute atomic E-state index is 0.848. The molecular weight excluding hydrogens is 823 g/mol. The van der Waals surface area contributed by atoms with Crippen LogP contribution < -0.4 is 0 Å². The third-order valence-electron chi connectivity index (χ3n) is 13.3. The topological polar surface area (TPSA) is 35.9 Å². The Morgan fingerprint density at radius 1 is 0.348 bits per heavy atom. The summed E-state index contributed by atoms with van der Waals surface area (Å²) in [6.07, 6.45) is 0. The highest BCUT2D eigenvalue weighted by Crippen LogP contribution is 2.44. The molecule has 66 heavy (non-hydrogen) atoms. The molecule has 0 spiro atoms. The van der Waals surface area contributed by atoms with Crippen molar-refractivity contribution in [2.75, 3.05) is 0 Å². The van der Waals surface area contributed by atoms with E-state index >= 15 is 0 Å². The Kier molecular flexibility index (Phi) is 8.12. The third kappa shape index (κ3) is 5.74. The van der Waals surface area contributed by atoms with Crippen molar-refractivity contribution >= 4 is 86.3 Å². The highest BCUT2D eigenvalue weighted by atomic mass is 32.1. The van der Waals surface area contributed by atoms with Crippen molar-refractivity contribution in [3.63, 3.8) is 0 Å². The maximum atomic E-state index is 7.03. The van der Waals surface area contributed by atoms with Crippen LogP contribution in [-0.2, 0) is 0 Å². The second-order valence-electron chi connectivity index (χ2n) is 17.1. The quantitative estimate of drug-likeness (QED) is 0.167. The van der Waals surface area contributed by atoms with E-state index in [4.69, 9.17) is 9.40 Å². The van der Waals surface area contributed by atoms with Crippen molar-refractivity contribution in [3.05, 3.63) is 224 Å². The van der Waals surface area contributed by atoms with Gasteiger partial charge in [-0.3, -0.25) is 4.57 Å². The summed E-state index contributed by atoms with van der Waals surface area (Å²) in [6.45, 7) is 0. The fourth-order valence-corrected chi connectivity index (χ4v) is 11.4. The van der Waals surface area contributed by atoms with Crippen LogP contribution in [0.3, 0.4) is 0 Å². The second kappa shape index (κ2) is 14.5. The van der Waals surface area contributed by atoms with Crippen LogP contribution in [0.15, 0.2) is 229 Å². The van der Waals surface area contributed by atoms with Crippen molar-refractivity contribution in [2.45, 2.75) is 0 Å². The molecule has 0 fully saturated rings. The number of nitrogens with zero attached hydrogens (tertiary/aromatic N) is 3. The Morgan fingerprint density at radius 2 is 1.05 bits per heavy atom. The monoisotopic (exact) mass is 859 g/mol. The van der Waals surface area contributed by atoms with Crippen molar-refractivity contribution in [1.82, 2.24) is 14.1 Å². The van der Waals surface area contributed by atoms with Crippen molar-refractivity contribution in [1.29, 1.82) is 0 Å². The summed E-state index contributed by atoms with van der Waals surface area (Å²) < 4.78 is 14.3. The summed E-state index contributed by atoms with van der Waals surface area (Å²) in [4.78, 5) is 5.17. The van der Waals surface area contributed by atoms with E-state index in [1.807, 2.05) is 11.3 Å². The second-order valence-corrected chi connectivity index (χ2v) is 18.2. The molecule has 4 nitrogen and oxygen atoms in total. The molecule has 0 unspecified atom stereocenters. The van der Waals surface area contributed by atoms with Crippen LogP contribution >= 0.6 is 11.3 Å². The van der Waals surface area contributed by atoms with Crippen LogP contribution in [-0.4, -0.2) is 14.1 Å². The predicted molar refractivity (Wildman–Crippen MR) is 277 cm³/mol. The van der Waals surface area contributed by atoms with Gasteiger partial charge < -0.3 is 8.98 Å². The number of fused-ring (bicyclic) bond motifs is 10. The van der Waals surface area contributed by atoms with E-state index in [2.05, 4.69) is 234 Å². The molecule has 0 aliphatic heterocycles. The molecule has 0 atom stereocenters. The zero-order chi connectivity index (χ0) is 43.3. The molecular formula is C61H37N3OS. The lowest BCUT2D eigenvalue weighted by atomic mass is 9.92. The fraction of sp³-hybridized carbons (Fsp3) is 0. The number of furan rings is 1. The summed E-state index contributed by atoms with van der Waals surface area (Å²) in [6, 6.07) is 80.7. The average Bonchev–Trinajstić information content (AvgIpc) is 4.14. The van der Waals surface area contributed by atoms with Crippen LogP contribution in [0.4, 0.5) is 0 Å². The molecule has 4 aromatic heterocycles. The summed E-state index contributed by atoms with van der Waals surface area (Å²) in [5.74, 6) is 0.907. The number of aromatic nitrogens is 3. The van der Waals surface area contributed by atoms with Gasteiger partial charge in [0.1, 0.15) is 17.0 Å². The van der Waals surface area contributed by atoms with E-state index in [0.29, 0.717) is 0 Å². The minimum Gasteiger partial charge on any atom is -0.456 e. The van der Waals surface area contributed by atoms with Gasteiger partial charge in [-0.05, 0) is 112 Å². The van der Waals surface area contributed by atoms with E-state index in [0.717, 1.165) is 78.0 Å². The number of para-hydroxylation sites is 4. The largest absolute Gasteiger partial charge is 0.456 e. The molecule has 10 aromatic carbocycles. The number of hydrogen-bond acceptors (Lipinski definition) is 3. The summed E-state index contributed by atoms with van der Waals surface area (Å²) in [5, 5.41) is 7.28. The van der Waals surface area contributed by atoms with Gasteiger partial charge >= 0.3 is 0 Å². The Labute approximate surface area is 383 Å². The highest BCUT2D eigenvalue weighted by molar-refractivity contribution is 7.25. The van der Waals surface area contributed by atoms with E-state index < -0.39 is 0 Å². The van der Waals surface area contributed by atoms with Crippen LogP contribution in [0, 0.1) is 0 Å². The van der Waals surface area contributed by atoms with Crippen molar-refractivity contribution in [3.8, 4) is 56.1 Å². The lowest BCUT2D eigenvalue weighted by Crippen LogP contribution is -1.97. The summed E-state index contributed by atoms with van der Waals surface area (Å²) >= 11 is 1.86. The molecule has 4 heterocycles. The van der Waals surface area contributed by atoms with Gasteiger partial charge in [0.05, 0.1) is 22.1 Å². The molecule has 14 rings (SSSR count). The van der Waals surface area contributed by atoms with Crippen LogP contribution in [0.2, 0.25) is 0 Å². The van der Waals surface area contributed by atoms with Gasteiger partial charge in [-0.15, -0.1) is 11.3 Å². The van der Waals surface area contributed by atoms with Gasteiger partial charge in [-0.1, -0.05) is 140 Å². The minimum atomic E-state index is 0.848. The van der Waals surface area contributed by atoms with E-state index in [9.17, 15) is 0 Å². The van der Waals surface area contributed by atoms with Crippen LogP contribution in [0.1, 0.15) is 0 Å². The molecule has 0 saturated heterocycles. The van der Waals surface area contributed by atoms with Crippen molar-refractivity contribution < 1.29 is 4.42 Å². The standard InChI is InChI=1S/C61H37N3OS/c1-3-14-38(15-4-1)41-16-13-17-42(32-41)43-33-49(39-26-28-40(29-27-39)61-62-52-22-9-11-24-54(52)64(61)44-18-5-2-6-19-44)60-48-31-30-45(35-56(48)65-57(60)34-43)63-53-23-10-7-20-46(53)50-36-51-47-21-8-12-25-58(47)66-59(51)37-55(50)63/h1-37H. The number of benzene rings is 10. The van der Waals surface area contributed by atoms with E-state index in [-0.39, 0.29) is 0 Å². The molecule has 5 heteroatoms. The molecule has 0 amide bonds. The first-order valence-corrected chi connectivity index (χ1v) is 23.2. The smallest absolute Gasteiger partial charge is 0.145 e. The van der Waals surface area contributed by atoms with Crippen LogP contribution in [0.5, 0.6) is 0 Å². The summed E-state index contributed by atoms with van der Waals surface area (Å²) in [5.41, 5.74) is 16.1. The summed E-state index contributed by atoms with van der Waals surface area (Å²) in [7, 11) is 0. The fourth-order valence-electron chi connectivity index (χ4n) is 10.3. The molecule has 14 aromatic rings. The number of imidazole rings is 1. The maximum absolute atomic E-state index is 7.03. The lowest BCUT2D eigenvalue weighted by molar-refractivity contribution is 0.669. The maximum Gasteiger partial charge on any atom is 0.145 e. The van der Waals surface area contributed by atoms with Crippen LogP contribution in [0.25, 0.3) is 131 Å². The van der Waals surface area contributed by atoms with Gasteiger partial charge in [0.15, 0.2) is 0 Å². The Balaban J connectivity index is 0.960. The lowest BCUT2D eigenvalue weighted by Gasteiger charge is -2.12. The molecule has 0 N–H and O–H groups in total. The number of hydrogen-bond donors (Lipinski definition) is 0. The molecule has 0 aliphatic rings. The van der Waals surface area contributed by atoms with Gasteiger partial charge in [0.25, 0.3) is 0 Å². The molecule has 0 saturated carbocycles. The first-order chi connectivity index (χ1) is 32.7. The van der Waals surface area contributed by atoms with Crippen molar-refractivity contribution in [2.24, 2.45) is 0 Å². The number of rotatable bonds is 6. The number of thiophene rings is 1. The first-order valence-electron chi connectivity index (χ1n) is 22.3. The Hall–Kier alpha value is -8.51. The first kappa shape index (κ1) is 36.9. The SMILES string of the molecule is c1ccc(-c2cccc(-c3cc(-c4ccc(-c5nc6ccccc6n5-c5ccccc5)cc4)c4c(c3)oc3cc(-n5c6ccccc6c6cc7c(cc65)sc5ccccc57)ccc34)c2)cc1. The molecule has 0 radical (unpaired) electrons. The van der Waals surface area contributed by atoms with Gasteiger partial charge in [0, 0.05) is 64.7 Å². The average molecular weight is 860 g/mol. The normalized spacial score (nSPS) is 11.9. The predicted octanol–water partition coefficient (Wildman–Crippen LogP) is 17.1. The zero-order valence-electron chi connectivity index (χ0n) is 35.5. The Bertz CT molecular complexity index is 4210. The van der Waals surface area contributed by atoms with E-state index in [1.165, 1.54) is 53.1 Å². The highest BCUT2D eigenvalue weighted by Gasteiger charge is 2.21. The van der Waals surface area contributed by atoms with Gasteiger partial charge in [-0.2, -0.15) is 0 Å². The molecule has 0 bridgehead atoms. The zero-order valence-corrected chi connectivity index (χ0v) is 36.3. The molecule has 0 aliphatic carbocycles.